The summed E-state index contributed by atoms with van der Waals surface area (Å²) < 4.78 is 0. The van der Waals surface area contributed by atoms with Gasteiger partial charge in [0, 0.05) is 30.1 Å². The third-order valence-corrected chi connectivity index (χ3v) is 4.66. The van der Waals surface area contributed by atoms with Gasteiger partial charge < -0.3 is 10.6 Å². The van der Waals surface area contributed by atoms with Gasteiger partial charge in [-0.15, -0.1) is 35.3 Å². The second kappa shape index (κ2) is 8.81. The van der Waals surface area contributed by atoms with Gasteiger partial charge in [0.15, 0.2) is 5.96 Å². The molecule has 1 saturated heterocycles. The van der Waals surface area contributed by atoms with E-state index in [1.807, 2.05) is 6.20 Å². The first-order chi connectivity index (χ1) is 9.16. The fourth-order valence-electron chi connectivity index (χ4n) is 2.31. The van der Waals surface area contributed by atoms with E-state index in [4.69, 9.17) is 5.73 Å². The molecular formula is C14H25IN4S. The van der Waals surface area contributed by atoms with Crippen LogP contribution in [-0.4, -0.2) is 35.5 Å². The van der Waals surface area contributed by atoms with E-state index in [2.05, 4.69) is 28.7 Å². The van der Waals surface area contributed by atoms with E-state index < -0.39 is 0 Å². The molecular weight excluding hydrogens is 383 g/mol. The van der Waals surface area contributed by atoms with E-state index in [0.29, 0.717) is 11.9 Å². The SMILES string of the molecule is Cc1cnc(C(C)CN=C(N)N2CCCCCC2)s1.I. The van der Waals surface area contributed by atoms with Crippen molar-refractivity contribution in [3.8, 4) is 0 Å². The second-order valence-corrected chi connectivity index (χ2v) is 6.58. The minimum Gasteiger partial charge on any atom is -0.370 e. The molecule has 20 heavy (non-hydrogen) atoms. The van der Waals surface area contributed by atoms with Crippen LogP contribution in [0.4, 0.5) is 0 Å². The maximum atomic E-state index is 6.11. The van der Waals surface area contributed by atoms with Gasteiger partial charge in [-0.25, -0.2) is 4.98 Å². The molecule has 2 rings (SSSR count). The van der Waals surface area contributed by atoms with Gasteiger partial charge in [-0.3, -0.25) is 4.99 Å². The van der Waals surface area contributed by atoms with E-state index in [9.17, 15) is 0 Å². The Morgan fingerprint density at radius 1 is 1.40 bits per heavy atom. The summed E-state index contributed by atoms with van der Waals surface area (Å²) in [7, 11) is 0. The van der Waals surface area contributed by atoms with Crippen LogP contribution in [0.3, 0.4) is 0 Å². The molecule has 4 nitrogen and oxygen atoms in total. The van der Waals surface area contributed by atoms with E-state index in [1.165, 1.54) is 30.6 Å². The van der Waals surface area contributed by atoms with Crippen molar-refractivity contribution in [3.63, 3.8) is 0 Å². The van der Waals surface area contributed by atoms with Gasteiger partial charge in [-0.2, -0.15) is 0 Å². The lowest BCUT2D eigenvalue weighted by atomic mass is 10.2. The lowest BCUT2D eigenvalue weighted by molar-refractivity contribution is 0.428. The molecule has 1 atom stereocenters. The lowest BCUT2D eigenvalue weighted by Gasteiger charge is -2.21. The molecule has 0 radical (unpaired) electrons. The normalized spacial score (nSPS) is 18.3. The Balaban J connectivity index is 0.00000200. The monoisotopic (exact) mass is 408 g/mol. The van der Waals surface area contributed by atoms with Crippen molar-refractivity contribution in [1.29, 1.82) is 0 Å². The quantitative estimate of drug-likeness (QED) is 0.474. The van der Waals surface area contributed by atoms with Crippen LogP contribution in [0.5, 0.6) is 0 Å². The molecule has 114 valence electrons. The molecule has 2 heterocycles. The number of hydrogen-bond acceptors (Lipinski definition) is 3. The molecule has 1 aromatic heterocycles. The highest BCUT2D eigenvalue weighted by molar-refractivity contribution is 14.0. The number of aromatic nitrogens is 1. The molecule has 1 fully saturated rings. The van der Waals surface area contributed by atoms with Crippen molar-refractivity contribution in [3.05, 3.63) is 16.1 Å². The standard InChI is InChI=1S/C14H24N4S.HI/c1-11(13-16-10-12(2)19-13)9-17-14(15)18-7-5-3-4-6-8-18;/h10-11H,3-9H2,1-2H3,(H2,15,17);1H. The highest BCUT2D eigenvalue weighted by Crippen LogP contribution is 2.21. The third kappa shape index (κ3) is 5.20. The number of guanidine groups is 1. The summed E-state index contributed by atoms with van der Waals surface area (Å²) in [4.78, 5) is 12.5. The molecule has 2 N–H and O–H groups in total. The van der Waals surface area contributed by atoms with E-state index in [0.717, 1.165) is 24.6 Å². The van der Waals surface area contributed by atoms with Gasteiger partial charge >= 0.3 is 0 Å². The first-order valence-corrected chi connectivity index (χ1v) is 7.95. The summed E-state index contributed by atoms with van der Waals surface area (Å²) in [5.41, 5.74) is 6.11. The van der Waals surface area contributed by atoms with Gasteiger partial charge in [-0.05, 0) is 19.8 Å². The van der Waals surface area contributed by atoms with Crippen molar-refractivity contribution in [2.45, 2.75) is 45.4 Å². The largest absolute Gasteiger partial charge is 0.370 e. The van der Waals surface area contributed by atoms with Crippen LogP contribution in [-0.2, 0) is 0 Å². The van der Waals surface area contributed by atoms with Crippen molar-refractivity contribution in [2.24, 2.45) is 10.7 Å². The molecule has 0 aromatic carbocycles. The summed E-state index contributed by atoms with van der Waals surface area (Å²) in [5, 5.41) is 1.16. The van der Waals surface area contributed by atoms with Gasteiger partial charge in [0.25, 0.3) is 0 Å². The van der Waals surface area contributed by atoms with Crippen LogP contribution in [0.15, 0.2) is 11.2 Å². The zero-order valence-corrected chi connectivity index (χ0v) is 15.5. The minimum absolute atomic E-state index is 0. The van der Waals surface area contributed by atoms with Gasteiger partial charge in [0.1, 0.15) is 0 Å². The van der Waals surface area contributed by atoms with E-state index in [-0.39, 0.29) is 24.0 Å². The van der Waals surface area contributed by atoms with Crippen LogP contribution in [0.25, 0.3) is 0 Å². The zero-order chi connectivity index (χ0) is 13.7. The number of thiazole rings is 1. The van der Waals surface area contributed by atoms with E-state index >= 15 is 0 Å². The lowest BCUT2D eigenvalue weighted by Crippen LogP contribution is -2.38. The fraction of sp³-hybridized carbons (Fsp3) is 0.714. The summed E-state index contributed by atoms with van der Waals surface area (Å²) in [5.74, 6) is 1.06. The van der Waals surface area contributed by atoms with Gasteiger partial charge in [0.2, 0.25) is 0 Å². The van der Waals surface area contributed by atoms with Gasteiger partial charge in [-0.1, -0.05) is 19.8 Å². The number of hydrogen-bond donors (Lipinski definition) is 1. The topological polar surface area (TPSA) is 54.5 Å². The minimum atomic E-state index is 0. The molecule has 1 aliphatic heterocycles. The number of halogens is 1. The zero-order valence-electron chi connectivity index (χ0n) is 12.3. The van der Waals surface area contributed by atoms with Crippen molar-refractivity contribution in [2.75, 3.05) is 19.6 Å². The van der Waals surface area contributed by atoms with Crippen molar-refractivity contribution >= 4 is 41.3 Å². The van der Waals surface area contributed by atoms with E-state index in [1.54, 1.807) is 11.3 Å². The number of aryl methyl sites for hydroxylation is 1. The Morgan fingerprint density at radius 2 is 2.05 bits per heavy atom. The molecule has 0 saturated carbocycles. The molecule has 1 unspecified atom stereocenters. The molecule has 0 aliphatic carbocycles. The first kappa shape index (κ1) is 17.7. The Morgan fingerprint density at radius 3 is 2.60 bits per heavy atom. The summed E-state index contributed by atoms with van der Waals surface area (Å²) >= 11 is 1.75. The van der Waals surface area contributed by atoms with Crippen molar-refractivity contribution in [1.82, 2.24) is 9.88 Å². The van der Waals surface area contributed by atoms with Crippen LogP contribution in [0, 0.1) is 6.92 Å². The summed E-state index contributed by atoms with van der Waals surface area (Å²) in [6.07, 6.45) is 7.03. The third-order valence-electron chi connectivity index (χ3n) is 3.52. The number of rotatable bonds is 3. The van der Waals surface area contributed by atoms with Crippen LogP contribution in [0.2, 0.25) is 0 Å². The predicted octanol–water partition coefficient (Wildman–Crippen LogP) is 3.36. The van der Waals surface area contributed by atoms with Crippen molar-refractivity contribution < 1.29 is 0 Å². The molecule has 0 bridgehead atoms. The highest BCUT2D eigenvalue weighted by Gasteiger charge is 2.13. The van der Waals surface area contributed by atoms with Crippen LogP contribution < -0.4 is 5.73 Å². The summed E-state index contributed by atoms with van der Waals surface area (Å²) in [6, 6.07) is 0. The molecule has 0 amide bonds. The average molecular weight is 408 g/mol. The smallest absolute Gasteiger partial charge is 0.191 e. The van der Waals surface area contributed by atoms with Gasteiger partial charge in [0.05, 0.1) is 11.6 Å². The maximum Gasteiger partial charge on any atom is 0.191 e. The average Bonchev–Trinajstić information content (AvgIpc) is 2.68. The number of likely N-dealkylation sites (tertiary alicyclic amines) is 1. The molecule has 1 aliphatic rings. The number of aliphatic imine (C=N–C) groups is 1. The summed E-state index contributed by atoms with van der Waals surface area (Å²) in [6.45, 7) is 7.09. The Bertz CT molecular complexity index is 425. The molecule has 6 heteroatoms. The second-order valence-electron chi connectivity index (χ2n) is 5.31. The molecule has 1 aromatic rings. The van der Waals surface area contributed by atoms with Crippen LogP contribution >= 0.6 is 35.3 Å². The van der Waals surface area contributed by atoms with Crippen LogP contribution in [0.1, 0.15) is 48.4 Å². The molecule has 0 spiro atoms. The first-order valence-electron chi connectivity index (χ1n) is 7.14. The Hall–Kier alpha value is -0.370. The fourth-order valence-corrected chi connectivity index (χ4v) is 3.12. The maximum absolute atomic E-state index is 6.11. The number of nitrogens with zero attached hydrogens (tertiary/aromatic N) is 3. The Labute approximate surface area is 142 Å². The highest BCUT2D eigenvalue weighted by atomic mass is 127. The predicted molar refractivity (Wildman–Crippen MR) is 97.2 cm³/mol. The number of nitrogens with two attached hydrogens (primary N) is 1. The Kier molecular flexibility index (Phi) is 7.79.